The zero-order valence-electron chi connectivity index (χ0n) is 12.2. The fraction of sp³-hybridized carbons (Fsp3) is 0.647. The fourth-order valence-corrected chi connectivity index (χ4v) is 4.07. The smallest absolute Gasteiger partial charge is 0.0556 e. The molecule has 2 aliphatic rings. The van der Waals surface area contributed by atoms with Gasteiger partial charge in [0, 0.05) is 32.2 Å². The maximum atomic E-state index is 9.03. The molecule has 2 unspecified atom stereocenters. The molecule has 1 saturated heterocycles. The summed E-state index contributed by atoms with van der Waals surface area (Å²) in [7, 11) is 0. The summed E-state index contributed by atoms with van der Waals surface area (Å²) in [5.41, 5.74) is 1.42. The van der Waals surface area contributed by atoms with Gasteiger partial charge in [-0.3, -0.25) is 4.90 Å². The van der Waals surface area contributed by atoms with Crippen LogP contribution < -0.4 is 5.32 Å². The molecule has 1 aliphatic carbocycles. The number of hydrogen-bond donors (Lipinski definition) is 2. The Kier molecular flexibility index (Phi) is 4.71. The van der Waals surface area contributed by atoms with Crippen LogP contribution in [-0.4, -0.2) is 42.3 Å². The average molecular weight is 274 g/mol. The number of rotatable bonds is 5. The zero-order chi connectivity index (χ0) is 13.8. The Labute approximate surface area is 122 Å². The summed E-state index contributed by atoms with van der Waals surface area (Å²) in [6.07, 6.45) is 4.06. The summed E-state index contributed by atoms with van der Waals surface area (Å²) in [6.45, 7) is 4.49. The van der Waals surface area contributed by atoms with Gasteiger partial charge in [-0.15, -0.1) is 0 Å². The van der Waals surface area contributed by atoms with Crippen molar-refractivity contribution in [3.8, 4) is 0 Å². The molecule has 3 nitrogen and oxygen atoms in total. The van der Waals surface area contributed by atoms with Crippen molar-refractivity contribution in [1.82, 2.24) is 10.2 Å². The molecule has 2 bridgehead atoms. The second-order valence-corrected chi connectivity index (χ2v) is 6.33. The van der Waals surface area contributed by atoms with Crippen LogP contribution in [0.4, 0.5) is 0 Å². The summed E-state index contributed by atoms with van der Waals surface area (Å²) >= 11 is 0. The monoisotopic (exact) mass is 274 g/mol. The third-order valence-corrected chi connectivity index (χ3v) is 4.89. The van der Waals surface area contributed by atoms with E-state index in [-0.39, 0.29) is 6.61 Å². The Bertz CT molecular complexity index is 395. The number of likely N-dealkylation sites (tertiary alicyclic amines) is 1. The van der Waals surface area contributed by atoms with E-state index >= 15 is 0 Å². The normalized spacial score (nSPS) is 30.4. The number of benzene rings is 1. The first-order valence-corrected chi connectivity index (χ1v) is 7.97. The molecule has 3 rings (SSSR count). The van der Waals surface area contributed by atoms with Crippen molar-refractivity contribution in [3.63, 3.8) is 0 Å². The lowest BCUT2D eigenvalue weighted by Crippen LogP contribution is -2.57. The van der Waals surface area contributed by atoms with Gasteiger partial charge in [-0.05, 0) is 30.2 Å². The molecule has 0 amide bonds. The molecule has 1 heterocycles. The summed E-state index contributed by atoms with van der Waals surface area (Å²) < 4.78 is 0. The Balaban J connectivity index is 1.61. The van der Waals surface area contributed by atoms with Crippen LogP contribution in [0.5, 0.6) is 0 Å². The zero-order valence-corrected chi connectivity index (χ0v) is 12.2. The van der Waals surface area contributed by atoms with Crippen LogP contribution in [0.25, 0.3) is 0 Å². The number of fused-ring (bicyclic) bond motifs is 2. The number of nitrogens with zero attached hydrogens (tertiary/aromatic N) is 1. The Morgan fingerprint density at radius 1 is 1.10 bits per heavy atom. The lowest BCUT2D eigenvalue weighted by molar-refractivity contribution is 0.0405. The lowest BCUT2D eigenvalue weighted by atomic mass is 9.73. The molecule has 3 heteroatoms. The average Bonchev–Trinajstić information content (AvgIpc) is 2.46. The number of nitrogens with one attached hydrogen (secondary N) is 1. The van der Waals surface area contributed by atoms with Crippen LogP contribution >= 0.6 is 0 Å². The first kappa shape index (κ1) is 14.1. The summed E-state index contributed by atoms with van der Waals surface area (Å²) in [4.78, 5) is 2.63. The van der Waals surface area contributed by atoms with Gasteiger partial charge in [0.1, 0.15) is 0 Å². The number of aliphatic hydroxyl groups is 1. The lowest BCUT2D eigenvalue weighted by Gasteiger charge is -2.48. The highest BCUT2D eigenvalue weighted by molar-refractivity contribution is 5.14. The fourth-order valence-electron chi connectivity index (χ4n) is 4.07. The molecule has 2 N–H and O–H groups in total. The first-order valence-electron chi connectivity index (χ1n) is 7.97. The van der Waals surface area contributed by atoms with E-state index in [9.17, 15) is 0 Å². The predicted molar refractivity (Wildman–Crippen MR) is 81.4 cm³/mol. The molecule has 110 valence electrons. The van der Waals surface area contributed by atoms with Gasteiger partial charge in [0.05, 0.1) is 6.61 Å². The van der Waals surface area contributed by atoms with Crippen LogP contribution in [-0.2, 0) is 6.54 Å². The van der Waals surface area contributed by atoms with Crippen molar-refractivity contribution in [2.24, 2.45) is 11.8 Å². The third-order valence-electron chi connectivity index (χ3n) is 4.89. The van der Waals surface area contributed by atoms with Crippen LogP contribution in [0, 0.1) is 11.8 Å². The number of hydrogen-bond acceptors (Lipinski definition) is 3. The van der Waals surface area contributed by atoms with Crippen molar-refractivity contribution in [2.75, 3.05) is 26.2 Å². The molecule has 0 radical (unpaired) electrons. The van der Waals surface area contributed by atoms with Crippen LogP contribution in [0.2, 0.25) is 0 Å². The molecule has 2 atom stereocenters. The molecule has 1 aromatic rings. The molecule has 0 spiro atoms. The topological polar surface area (TPSA) is 35.5 Å². The van der Waals surface area contributed by atoms with Gasteiger partial charge in [0.2, 0.25) is 0 Å². The van der Waals surface area contributed by atoms with E-state index in [1.807, 2.05) is 0 Å². The summed E-state index contributed by atoms with van der Waals surface area (Å²) in [5.74, 6) is 1.52. The molecule has 1 saturated carbocycles. The second kappa shape index (κ2) is 6.70. The minimum atomic E-state index is 0.254. The highest BCUT2D eigenvalue weighted by Crippen LogP contribution is 2.35. The molecule has 1 aliphatic heterocycles. The Morgan fingerprint density at radius 2 is 1.80 bits per heavy atom. The number of aliphatic hydroxyl groups excluding tert-OH is 1. The standard InChI is InChI=1S/C17H26N2O/c20-10-9-18-17-15-7-4-8-16(17)13-19(12-15)11-14-5-2-1-3-6-14/h1-3,5-6,15-18,20H,4,7-13H2. The molecule has 20 heavy (non-hydrogen) atoms. The third kappa shape index (κ3) is 3.22. The maximum absolute atomic E-state index is 9.03. The summed E-state index contributed by atoms with van der Waals surface area (Å²) in [5, 5.41) is 12.6. The van der Waals surface area contributed by atoms with E-state index in [1.54, 1.807) is 0 Å². The van der Waals surface area contributed by atoms with E-state index in [4.69, 9.17) is 5.11 Å². The van der Waals surface area contributed by atoms with Crippen LogP contribution in [0.3, 0.4) is 0 Å². The quantitative estimate of drug-likeness (QED) is 0.860. The van der Waals surface area contributed by atoms with Crippen molar-refractivity contribution >= 4 is 0 Å². The second-order valence-electron chi connectivity index (χ2n) is 6.33. The molecular weight excluding hydrogens is 248 g/mol. The SMILES string of the molecule is OCCNC1C2CCCC1CN(Cc1ccccc1)C2. The van der Waals surface area contributed by atoms with E-state index in [2.05, 4.69) is 40.5 Å². The minimum Gasteiger partial charge on any atom is -0.395 e. The van der Waals surface area contributed by atoms with Gasteiger partial charge in [-0.25, -0.2) is 0 Å². The predicted octanol–water partition coefficient (Wildman–Crippen LogP) is 1.87. The van der Waals surface area contributed by atoms with E-state index in [0.717, 1.165) is 24.9 Å². The van der Waals surface area contributed by atoms with Gasteiger partial charge in [0.25, 0.3) is 0 Å². The van der Waals surface area contributed by atoms with Gasteiger partial charge in [0.15, 0.2) is 0 Å². The van der Waals surface area contributed by atoms with Crippen molar-refractivity contribution < 1.29 is 5.11 Å². The van der Waals surface area contributed by atoms with E-state index in [0.29, 0.717) is 6.04 Å². The first-order chi connectivity index (χ1) is 9.86. The minimum absolute atomic E-state index is 0.254. The summed E-state index contributed by atoms with van der Waals surface area (Å²) in [6, 6.07) is 11.4. The number of piperidine rings is 1. The Morgan fingerprint density at radius 3 is 2.45 bits per heavy atom. The van der Waals surface area contributed by atoms with E-state index in [1.165, 1.54) is 37.9 Å². The highest BCUT2D eigenvalue weighted by atomic mass is 16.3. The maximum Gasteiger partial charge on any atom is 0.0556 e. The highest BCUT2D eigenvalue weighted by Gasteiger charge is 2.38. The van der Waals surface area contributed by atoms with E-state index < -0.39 is 0 Å². The Hall–Kier alpha value is -0.900. The van der Waals surface area contributed by atoms with Crippen molar-refractivity contribution in [1.29, 1.82) is 0 Å². The van der Waals surface area contributed by atoms with Gasteiger partial charge in [-0.2, -0.15) is 0 Å². The van der Waals surface area contributed by atoms with Gasteiger partial charge < -0.3 is 10.4 Å². The van der Waals surface area contributed by atoms with Crippen LogP contribution in [0.15, 0.2) is 30.3 Å². The molecule has 0 aromatic heterocycles. The molecule has 1 aromatic carbocycles. The van der Waals surface area contributed by atoms with Crippen molar-refractivity contribution in [3.05, 3.63) is 35.9 Å². The largest absolute Gasteiger partial charge is 0.395 e. The molecular formula is C17H26N2O. The van der Waals surface area contributed by atoms with Gasteiger partial charge >= 0.3 is 0 Å². The van der Waals surface area contributed by atoms with Gasteiger partial charge in [-0.1, -0.05) is 36.8 Å². The van der Waals surface area contributed by atoms with Crippen LogP contribution in [0.1, 0.15) is 24.8 Å². The van der Waals surface area contributed by atoms with Crippen molar-refractivity contribution in [2.45, 2.75) is 31.8 Å². The molecule has 2 fully saturated rings.